The molecule has 6 nitrogen and oxygen atoms in total. The molecule has 0 spiro atoms. The molecule has 1 saturated heterocycles. The van der Waals surface area contributed by atoms with Gasteiger partial charge in [0.1, 0.15) is 5.01 Å². The number of fused-ring (bicyclic) bond motifs is 1. The second kappa shape index (κ2) is 6.21. The first kappa shape index (κ1) is 14.6. The molecule has 2 aromatic heterocycles. The summed E-state index contributed by atoms with van der Waals surface area (Å²) in [6.45, 7) is 3.81. The van der Waals surface area contributed by atoms with Crippen LogP contribution in [0.4, 0.5) is 0 Å². The molecule has 114 valence electrons. The van der Waals surface area contributed by atoms with E-state index in [0.29, 0.717) is 11.0 Å². The molecule has 0 radical (unpaired) electrons. The molecule has 3 heterocycles. The maximum absolute atomic E-state index is 11.9. The van der Waals surface area contributed by atoms with E-state index in [1.165, 1.54) is 34.8 Å². The molecular formula is C14H20N4O2S. The Labute approximate surface area is 127 Å². The average molecular weight is 308 g/mol. The van der Waals surface area contributed by atoms with Gasteiger partial charge in [0.05, 0.1) is 6.54 Å². The zero-order chi connectivity index (χ0) is 14.8. The fourth-order valence-corrected chi connectivity index (χ4v) is 3.91. The molecule has 0 saturated carbocycles. The summed E-state index contributed by atoms with van der Waals surface area (Å²) in [5.74, 6) is 0. The topological polar surface area (TPSA) is 70.7 Å². The predicted octanol–water partition coefficient (Wildman–Crippen LogP) is 1.20. The smallest absolute Gasteiger partial charge is 0.275 e. The lowest BCUT2D eigenvalue weighted by Crippen LogP contribution is -2.39. The summed E-state index contributed by atoms with van der Waals surface area (Å²) < 4.78 is 1.39. The Morgan fingerprint density at radius 2 is 2.33 bits per heavy atom. The molecule has 1 aliphatic heterocycles. The average Bonchev–Trinajstić information content (AvgIpc) is 2.84. The minimum absolute atomic E-state index is 0.120. The summed E-state index contributed by atoms with van der Waals surface area (Å²) >= 11 is 1.48. The largest absolute Gasteiger partial charge is 0.396 e. The monoisotopic (exact) mass is 308 g/mol. The number of aliphatic hydroxyl groups is 1. The number of hydrogen-bond donors (Lipinski definition) is 1. The van der Waals surface area contributed by atoms with Crippen LogP contribution < -0.4 is 5.56 Å². The molecule has 21 heavy (non-hydrogen) atoms. The zero-order valence-corrected chi connectivity index (χ0v) is 13.0. The van der Waals surface area contributed by atoms with Crippen LogP contribution in [0.3, 0.4) is 0 Å². The first-order chi connectivity index (χ1) is 10.2. The first-order valence-electron chi connectivity index (χ1n) is 7.38. The highest BCUT2D eigenvalue weighted by Gasteiger charge is 2.23. The lowest BCUT2D eigenvalue weighted by molar-refractivity contribution is 0.112. The van der Waals surface area contributed by atoms with Crippen LogP contribution in [0, 0.1) is 6.92 Å². The Bertz CT molecular complexity index is 679. The summed E-state index contributed by atoms with van der Waals surface area (Å²) in [4.78, 5) is 19.3. The van der Waals surface area contributed by atoms with Crippen LogP contribution in [0.25, 0.3) is 4.96 Å². The van der Waals surface area contributed by atoms with Crippen LogP contribution in [0.1, 0.15) is 36.4 Å². The number of aliphatic hydroxyl groups excluding tert-OH is 1. The van der Waals surface area contributed by atoms with Crippen molar-refractivity contribution >= 4 is 16.3 Å². The van der Waals surface area contributed by atoms with Crippen molar-refractivity contribution in [3.63, 3.8) is 0 Å². The number of hydrogen-bond acceptors (Lipinski definition) is 6. The molecule has 0 aromatic carbocycles. The number of aromatic nitrogens is 3. The van der Waals surface area contributed by atoms with Gasteiger partial charge in [0.2, 0.25) is 4.96 Å². The van der Waals surface area contributed by atoms with E-state index in [1.807, 2.05) is 6.92 Å². The first-order valence-corrected chi connectivity index (χ1v) is 8.20. The Balaban J connectivity index is 1.83. The van der Waals surface area contributed by atoms with Gasteiger partial charge in [-0.15, -0.1) is 0 Å². The van der Waals surface area contributed by atoms with Gasteiger partial charge in [0, 0.05) is 24.4 Å². The SMILES string of the molecule is Cc1cc(=O)n2nc(CN3CCCCC3CCO)sc2n1. The van der Waals surface area contributed by atoms with Crippen molar-refractivity contribution in [2.45, 2.75) is 45.2 Å². The summed E-state index contributed by atoms with van der Waals surface area (Å²) in [6.07, 6.45) is 4.34. The van der Waals surface area contributed by atoms with Gasteiger partial charge in [-0.2, -0.15) is 9.61 Å². The third-order valence-electron chi connectivity index (χ3n) is 3.96. The minimum atomic E-state index is -0.120. The third-order valence-corrected chi connectivity index (χ3v) is 4.86. The second-order valence-corrected chi connectivity index (χ2v) is 6.60. The molecule has 1 fully saturated rings. The van der Waals surface area contributed by atoms with Crippen LogP contribution in [0.2, 0.25) is 0 Å². The highest BCUT2D eigenvalue weighted by atomic mass is 32.1. The summed E-state index contributed by atoms with van der Waals surface area (Å²) in [5, 5.41) is 14.5. The van der Waals surface area contributed by atoms with Crippen molar-refractivity contribution in [1.29, 1.82) is 0 Å². The highest BCUT2D eigenvalue weighted by Crippen LogP contribution is 2.23. The van der Waals surface area contributed by atoms with Gasteiger partial charge < -0.3 is 5.11 Å². The van der Waals surface area contributed by atoms with Crippen LogP contribution in [0.5, 0.6) is 0 Å². The van der Waals surface area contributed by atoms with Crippen molar-refractivity contribution < 1.29 is 5.11 Å². The number of aryl methyl sites for hydroxylation is 1. The van der Waals surface area contributed by atoms with Gasteiger partial charge in [-0.05, 0) is 32.7 Å². The van der Waals surface area contributed by atoms with E-state index in [2.05, 4.69) is 15.0 Å². The molecule has 3 rings (SSSR count). The van der Waals surface area contributed by atoms with E-state index in [0.717, 1.165) is 36.6 Å². The maximum Gasteiger partial charge on any atom is 0.275 e. The fourth-order valence-electron chi connectivity index (χ4n) is 2.94. The molecule has 0 aliphatic carbocycles. The molecule has 1 N–H and O–H groups in total. The summed E-state index contributed by atoms with van der Waals surface area (Å²) in [5.41, 5.74) is 0.608. The van der Waals surface area contributed by atoms with Gasteiger partial charge >= 0.3 is 0 Å². The van der Waals surface area contributed by atoms with Gasteiger partial charge in [0.25, 0.3) is 5.56 Å². The summed E-state index contributed by atoms with van der Waals surface area (Å²) in [6, 6.07) is 1.92. The van der Waals surface area contributed by atoms with Gasteiger partial charge in [-0.25, -0.2) is 4.98 Å². The Morgan fingerprint density at radius 3 is 3.14 bits per heavy atom. The maximum atomic E-state index is 11.9. The van der Waals surface area contributed by atoms with E-state index in [1.54, 1.807) is 0 Å². The van der Waals surface area contributed by atoms with Crippen molar-refractivity contribution in [3.05, 3.63) is 27.1 Å². The van der Waals surface area contributed by atoms with E-state index in [-0.39, 0.29) is 12.2 Å². The normalized spacial score (nSPS) is 20.2. The number of nitrogens with zero attached hydrogens (tertiary/aromatic N) is 4. The highest BCUT2D eigenvalue weighted by molar-refractivity contribution is 7.16. The molecule has 1 unspecified atom stereocenters. The van der Waals surface area contributed by atoms with E-state index in [9.17, 15) is 9.90 Å². The molecule has 0 amide bonds. The molecular weight excluding hydrogens is 288 g/mol. The molecule has 0 bridgehead atoms. The van der Waals surface area contributed by atoms with Gasteiger partial charge in [-0.3, -0.25) is 9.69 Å². The van der Waals surface area contributed by atoms with Gasteiger partial charge in [-0.1, -0.05) is 17.8 Å². The van der Waals surface area contributed by atoms with Crippen molar-refractivity contribution in [2.75, 3.05) is 13.2 Å². The Kier molecular flexibility index (Phi) is 4.32. The molecule has 7 heteroatoms. The fraction of sp³-hybridized carbons (Fsp3) is 0.643. The Hall–Kier alpha value is -1.31. The van der Waals surface area contributed by atoms with Gasteiger partial charge in [0.15, 0.2) is 0 Å². The Morgan fingerprint density at radius 1 is 1.48 bits per heavy atom. The van der Waals surface area contributed by atoms with Crippen LogP contribution in [-0.2, 0) is 6.54 Å². The minimum Gasteiger partial charge on any atom is -0.396 e. The van der Waals surface area contributed by atoms with Crippen LogP contribution in [-0.4, -0.2) is 43.8 Å². The summed E-state index contributed by atoms with van der Waals surface area (Å²) in [7, 11) is 0. The zero-order valence-electron chi connectivity index (χ0n) is 12.2. The lowest BCUT2D eigenvalue weighted by Gasteiger charge is -2.34. The lowest BCUT2D eigenvalue weighted by atomic mass is 10.00. The van der Waals surface area contributed by atoms with E-state index in [4.69, 9.17) is 0 Å². The van der Waals surface area contributed by atoms with Crippen LogP contribution in [0.15, 0.2) is 10.9 Å². The molecule has 1 aliphatic rings. The van der Waals surface area contributed by atoms with Crippen LogP contribution >= 0.6 is 11.3 Å². The quantitative estimate of drug-likeness (QED) is 0.919. The second-order valence-electron chi connectivity index (χ2n) is 5.56. The van der Waals surface area contributed by atoms with Crippen molar-refractivity contribution in [1.82, 2.24) is 19.5 Å². The molecule has 2 aromatic rings. The molecule has 1 atom stereocenters. The van der Waals surface area contributed by atoms with Crippen molar-refractivity contribution in [2.24, 2.45) is 0 Å². The van der Waals surface area contributed by atoms with E-state index < -0.39 is 0 Å². The number of rotatable bonds is 4. The van der Waals surface area contributed by atoms with E-state index >= 15 is 0 Å². The third kappa shape index (κ3) is 3.14. The number of likely N-dealkylation sites (tertiary alicyclic amines) is 1. The van der Waals surface area contributed by atoms with Crippen molar-refractivity contribution in [3.8, 4) is 0 Å². The standard InChI is InChI=1S/C14H20N4O2S/c1-10-8-13(20)18-14(15-10)21-12(16-18)9-17-6-3-2-4-11(17)5-7-19/h8,11,19H,2-7,9H2,1H3. The predicted molar refractivity (Wildman–Crippen MR) is 81.6 cm³/mol. The number of piperidine rings is 1.